The van der Waals surface area contributed by atoms with Crippen LogP contribution in [0.3, 0.4) is 0 Å². The van der Waals surface area contributed by atoms with Crippen molar-refractivity contribution >= 4 is 17.3 Å². The summed E-state index contributed by atoms with van der Waals surface area (Å²) >= 11 is 0. The Kier molecular flexibility index (Phi) is 5.13. The van der Waals surface area contributed by atoms with E-state index >= 15 is 0 Å². The van der Waals surface area contributed by atoms with Gasteiger partial charge in [-0.3, -0.25) is 4.79 Å². The maximum Gasteiger partial charge on any atom is 0.243 e. The summed E-state index contributed by atoms with van der Waals surface area (Å²) in [6.07, 6.45) is 2.04. The molecule has 0 aromatic heterocycles. The van der Waals surface area contributed by atoms with Gasteiger partial charge in [-0.25, -0.2) is 0 Å². The molecule has 2 atom stereocenters. The van der Waals surface area contributed by atoms with Crippen LogP contribution in [0.25, 0.3) is 0 Å². The molecule has 6 nitrogen and oxygen atoms in total. The quantitative estimate of drug-likeness (QED) is 0.404. The van der Waals surface area contributed by atoms with Gasteiger partial charge in [0.15, 0.2) is 0 Å². The molecule has 32 heavy (non-hydrogen) atoms. The number of hydrogen-bond acceptors (Lipinski definition) is 5. The minimum absolute atomic E-state index is 0.0779. The number of benzene rings is 3. The van der Waals surface area contributed by atoms with Crippen molar-refractivity contribution in [2.24, 2.45) is 0 Å². The van der Waals surface area contributed by atoms with Crippen LogP contribution >= 0.6 is 0 Å². The molecule has 2 aliphatic rings. The molecule has 1 amide bonds. The Balaban J connectivity index is 1.36. The van der Waals surface area contributed by atoms with E-state index in [1.54, 1.807) is 18.2 Å². The summed E-state index contributed by atoms with van der Waals surface area (Å²) in [4.78, 5) is 13.1. The number of carbonyl (C=O) groups excluding carboxylic acids is 1. The van der Waals surface area contributed by atoms with Crippen molar-refractivity contribution < 1.29 is 15.0 Å². The number of hydrogen-bond donors (Lipinski definition) is 5. The number of phenolic OH excluding ortho intramolecular Hbond substituents is 2. The lowest BCUT2D eigenvalue weighted by Crippen LogP contribution is -2.42. The lowest BCUT2D eigenvalue weighted by atomic mass is 9.92. The number of anilines is 2. The van der Waals surface area contributed by atoms with Gasteiger partial charge in [-0.15, -0.1) is 0 Å². The lowest BCUT2D eigenvalue weighted by Gasteiger charge is -2.29. The number of aromatic hydroxyl groups is 2. The van der Waals surface area contributed by atoms with E-state index in [1.165, 1.54) is 5.56 Å². The molecule has 0 radical (unpaired) electrons. The molecule has 0 aliphatic carbocycles. The van der Waals surface area contributed by atoms with Crippen LogP contribution in [0.4, 0.5) is 11.4 Å². The van der Waals surface area contributed by atoms with Crippen LogP contribution in [0.15, 0.2) is 54.6 Å². The molecule has 0 spiro atoms. The van der Waals surface area contributed by atoms with Crippen molar-refractivity contribution in [2.45, 2.75) is 38.3 Å². The highest BCUT2D eigenvalue weighted by Crippen LogP contribution is 2.39. The molecular weight excluding hydrogens is 402 g/mol. The minimum atomic E-state index is -0.384. The predicted octanol–water partition coefficient (Wildman–Crippen LogP) is 4.01. The van der Waals surface area contributed by atoms with Crippen LogP contribution in [-0.2, 0) is 17.6 Å². The second kappa shape index (κ2) is 8.11. The van der Waals surface area contributed by atoms with Crippen molar-refractivity contribution in [3.8, 4) is 11.5 Å². The van der Waals surface area contributed by atoms with E-state index in [0.717, 1.165) is 34.4 Å². The number of rotatable bonds is 4. The maximum atomic E-state index is 13.1. The molecule has 3 aromatic carbocycles. The Bertz CT molecular complexity index is 1180. The van der Waals surface area contributed by atoms with Crippen molar-refractivity contribution in [2.75, 3.05) is 17.2 Å². The topological polar surface area (TPSA) is 93.6 Å². The summed E-state index contributed by atoms with van der Waals surface area (Å²) in [6, 6.07) is 16.8. The Morgan fingerprint density at radius 1 is 1.09 bits per heavy atom. The highest BCUT2D eigenvalue weighted by molar-refractivity contribution is 5.88. The van der Waals surface area contributed by atoms with Gasteiger partial charge in [0, 0.05) is 30.3 Å². The number of aryl methyl sites for hydroxylation is 1. The third-order valence-corrected chi connectivity index (χ3v) is 6.40. The van der Waals surface area contributed by atoms with Gasteiger partial charge in [-0.2, -0.15) is 0 Å². The molecule has 5 N–H and O–H groups in total. The summed E-state index contributed by atoms with van der Waals surface area (Å²) in [6.45, 7) is 2.62. The zero-order valence-corrected chi connectivity index (χ0v) is 18.0. The zero-order valence-electron chi connectivity index (χ0n) is 18.0. The SMILES string of the molecule is Cc1cc(O)cc2c1CC(C(=O)NC1CCNc3c(O)cc(Cc4ccccc4)cc31)N2. The fourth-order valence-corrected chi connectivity index (χ4v) is 4.83. The van der Waals surface area contributed by atoms with Crippen LogP contribution in [0.5, 0.6) is 11.5 Å². The first-order valence-electron chi connectivity index (χ1n) is 11.0. The average molecular weight is 430 g/mol. The fraction of sp³-hybridized carbons (Fsp3) is 0.269. The summed E-state index contributed by atoms with van der Waals surface area (Å²) in [5, 5.41) is 30.2. The normalized spacial score (nSPS) is 18.8. The standard InChI is InChI=1S/C26H27N3O3/c1-15-9-18(30)13-22-19(15)14-23(28-22)26(32)29-21-7-8-27-25-20(21)11-17(12-24(25)31)10-16-5-3-2-4-6-16/h2-6,9,11-13,21,23,27-28,30-31H,7-8,10,14H2,1H3,(H,29,32). The monoisotopic (exact) mass is 429 g/mol. The van der Waals surface area contributed by atoms with E-state index < -0.39 is 0 Å². The second-order valence-electron chi connectivity index (χ2n) is 8.71. The van der Waals surface area contributed by atoms with Crippen LogP contribution in [0.1, 0.15) is 40.3 Å². The first-order valence-corrected chi connectivity index (χ1v) is 11.0. The molecule has 0 saturated carbocycles. The highest BCUT2D eigenvalue weighted by atomic mass is 16.3. The largest absolute Gasteiger partial charge is 0.508 e. The Morgan fingerprint density at radius 3 is 2.72 bits per heavy atom. The molecule has 2 heterocycles. The van der Waals surface area contributed by atoms with Crippen LogP contribution in [-0.4, -0.2) is 28.7 Å². The third kappa shape index (κ3) is 3.84. The Labute approximate surface area is 187 Å². The Morgan fingerprint density at radius 2 is 1.91 bits per heavy atom. The number of fused-ring (bicyclic) bond motifs is 2. The molecule has 3 aromatic rings. The Hall–Kier alpha value is -3.67. The number of phenols is 2. The molecule has 0 saturated heterocycles. The van der Waals surface area contributed by atoms with E-state index in [1.807, 2.05) is 25.1 Å². The number of carbonyl (C=O) groups is 1. The first-order chi connectivity index (χ1) is 15.5. The van der Waals surface area contributed by atoms with E-state index in [0.29, 0.717) is 25.1 Å². The molecule has 2 unspecified atom stereocenters. The predicted molar refractivity (Wildman–Crippen MR) is 125 cm³/mol. The van der Waals surface area contributed by atoms with Gasteiger partial charge in [0.05, 0.1) is 11.7 Å². The van der Waals surface area contributed by atoms with Crippen molar-refractivity contribution in [3.63, 3.8) is 0 Å². The van der Waals surface area contributed by atoms with E-state index in [-0.39, 0.29) is 29.5 Å². The van der Waals surface area contributed by atoms with Crippen LogP contribution in [0, 0.1) is 6.92 Å². The van der Waals surface area contributed by atoms with E-state index in [4.69, 9.17) is 0 Å². The molecule has 6 heteroatoms. The van der Waals surface area contributed by atoms with E-state index in [2.05, 4.69) is 34.1 Å². The smallest absolute Gasteiger partial charge is 0.243 e. The van der Waals surface area contributed by atoms with Gasteiger partial charge in [0.1, 0.15) is 17.5 Å². The number of nitrogens with one attached hydrogen (secondary N) is 3. The van der Waals surface area contributed by atoms with Crippen molar-refractivity contribution in [3.05, 3.63) is 82.4 Å². The molecule has 5 rings (SSSR count). The first kappa shape index (κ1) is 20.2. The summed E-state index contributed by atoms with van der Waals surface area (Å²) < 4.78 is 0. The maximum absolute atomic E-state index is 13.1. The van der Waals surface area contributed by atoms with Gasteiger partial charge in [0.2, 0.25) is 5.91 Å². The van der Waals surface area contributed by atoms with Gasteiger partial charge < -0.3 is 26.2 Å². The molecular formula is C26H27N3O3. The van der Waals surface area contributed by atoms with Crippen LogP contribution in [0.2, 0.25) is 0 Å². The highest BCUT2D eigenvalue weighted by Gasteiger charge is 2.31. The van der Waals surface area contributed by atoms with Gasteiger partial charge in [-0.1, -0.05) is 36.4 Å². The summed E-state index contributed by atoms with van der Waals surface area (Å²) in [5.74, 6) is 0.333. The van der Waals surface area contributed by atoms with Gasteiger partial charge in [-0.05, 0) is 54.2 Å². The third-order valence-electron chi connectivity index (χ3n) is 6.40. The minimum Gasteiger partial charge on any atom is -0.508 e. The lowest BCUT2D eigenvalue weighted by molar-refractivity contribution is -0.122. The summed E-state index contributed by atoms with van der Waals surface area (Å²) in [5.41, 5.74) is 6.65. The average Bonchev–Trinajstić information content (AvgIpc) is 3.20. The second-order valence-corrected chi connectivity index (χ2v) is 8.71. The summed E-state index contributed by atoms with van der Waals surface area (Å²) in [7, 11) is 0. The molecule has 0 fully saturated rings. The van der Waals surface area contributed by atoms with E-state index in [9.17, 15) is 15.0 Å². The molecule has 2 aliphatic heterocycles. The van der Waals surface area contributed by atoms with Crippen molar-refractivity contribution in [1.29, 1.82) is 0 Å². The molecule has 164 valence electrons. The van der Waals surface area contributed by atoms with Crippen molar-refractivity contribution in [1.82, 2.24) is 5.32 Å². The fourth-order valence-electron chi connectivity index (χ4n) is 4.83. The number of amides is 1. The van der Waals surface area contributed by atoms with Gasteiger partial charge >= 0.3 is 0 Å². The molecule has 0 bridgehead atoms. The van der Waals surface area contributed by atoms with Crippen LogP contribution < -0.4 is 16.0 Å². The zero-order chi connectivity index (χ0) is 22.2. The van der Waals surface area contributed by atoms with Gasteiger partial charge in [0.25, 0.3) is 0 Å².